The Morgan fingerprint density at radius 1 is 1.16 bits per heavy atom. The van der Waals surface area contributed by atoms with E-state index in [1.807, 2.05) is 56.5 Å². The zero-order valence-electron chi connectivity index (χ0n) is 24.2. The molecule has 2 heterocycles. The van der Waals surface area contributed by atoms with Gasteiger partial charge in [-0.05, 0) is 66.6 Å². The third kappa shape index (κ3) is 6.23. The number of hydrogen-bond donors (Lipinski definition) is 2. The van der Waals surface area contributed by atoms with Crippen LogP contribution in [0, 0.1) is 13.8 Å². The van der Waals surface area contributed by atoms with Crippen LogP contribution in [0.15, 0.2) is 76.4 Å². The average molecular weight is 681 g/mol. The topological polar surface area (TPSA) is 96.3 Å². The smallest absolute Gasteiger partial charge is 0.255 e. The number of fused-ring (bicyclic) bond motifs is 1. The summed E-state index contributed by atoms with van der Waals surface area (Å²) in [5, 5.41) is 11.7. The Labute approximate surface area is 268 Å². The molecule has 3 amide bonds. The van der Waals surface area contributed by atoms with E-state index in [1.165, 1.54) is 16.7 Å². The average Bonchev–Trinajstić information content (AvgIpc) is 3.52. The van der Waals surface area contributed by atoms with Gasteiger partial charge in [0.1, 0.15) is 6.04 Å². The number of rotatable bonds is 9. The fourth-order valence-corrected chi connectivity index (χ4v) is 6.82. The van der Waals surface area contributed by atoms with E-state index in [9.17, 15) is 14.4 Å². The molecule has 0 saturated heterocycles. The lowest BCUT2D eigenvalue weighted by molar-refractivity contribution is -0.126. The Bertz CT molecular complexity index is 1730. The van der Waals surface area contributed by atoms with Gasteiger partial charge in [0.2, 0.25) is 5.91 Å². The molecule has 11 heteroatoms. The number of aryl methyl sites for hydroxylation is 2. The first-order valence-electron chi connectivity index (χ1n) is 13.6. The molecular weight excluding hydrogens is 650 g/mol. The van der Waals surface area contributed by atoms with Crippen LogP contribution in [0.3, 0.4) is 0 Å². The summed E-state index contributed by atoms with van der Waals surface area (Å²) in [4.78, 5) is 43.4. The lowest BCUT2D eigenvalue weighted by atomic mass is 9.98. The molecule has 4 aromatic rings. The molecule has 43 heavy (non-hydrogen) atoms. The zero-order valence-corrected chi connectivity index (χ0v) is 27.3. The van der Waals surface area contributed by atoms with Crippen molar-refractivity contribution >= 4 is 57.0 Å². The summed E-state index contributed by atoms with van der Waals surface area (Å²) in [6.07, 6.45) is 3.53. The van der Waals surface area contributed by atoms with Crippen molar-refractivity contribution in [2.45, 2.75) is 37.5 Å². The number of halogens is 2. The predicted molar refractivity (Wildman–Crippen MR) is 172 cm³/mol. The number of amides is 3. The minimum atomic E-state index is -1.06. The van der Waals surface area contributed by atoms with E-state index in [4.69, 9.17) is 11.6 Å². The largest absolute Gasteiger partial charge is 0.350 e. The van der Waals surface area contributed by atoms with Gasteiger partial charge >= 0.3 is 0 Å². The van der Waals surface area contributed by atoms with E-state index in [-0.39, 0.29) is 30.8 Å². The van der Waals surface area contributed by atoms with Crippen LogP contribution in [0.25, 0.3) is 0 Å². The first kappa shape index (κ1) is 30.8. The SMILES string of the molecule is CSc1c(C(C(=O)NCc2ccccc2Br)N(CC2NC(=O)c3ccccc32)C(=O)c2cc(Cl)cc(C)c2C)cnn1C. The molecule has 0 spiro atoms. The van der Waals surface area contributed by atoms with Crippen LogP contribution in [0.2, 0.25) is 5.02 Å². The van der Waals surface area contributed by atoms with Crippen molar-refractivity contribution in [3.63, 3.8) is 0 Å². The molecular formula is C32H31BrClN5O3S. The van der Waals surface area contributed by atoms with Crippen molar-refractivity contribution in [1.29, 1.82) is 0 Å². The Balaban J connectivity index is 1.63. The van der Waals surface area contributed by atoms with Crippen LogP contribution >= 0.6 is 39.3 Å². The van der Waals surface area contributed by atoms with Crippen LogP contribution in [0.5, 0.6) is 0 Å². The molecule has 0 radical (unpaired) electrons. The summed E-state index contributed by atoms with van der Waals surface area (Å²) in [5.41, 5.74) is 4.81. The fourth-order valence-electron chi connectivity index (χ4n) is 5.41. The molecule has 1 aliphatic rings. The molecule has 0 aliphatic carbocycles. The van der Waals surface area contributed by atoms with E-state index in [1.54, 1.807) is 42.2 Å². The van der Waals surface area contributed by atoms with E-state index >= 15 is 0 Å². The van der Waals surface area contributed by atoms with Gasteiger partial charge < -0.3 is 15.5 Å². The molecule has 2 N–H and O–H groups in total. The van der Waals surface area contributed by atoms with Crippen LogP contribution < -0.4 is 10.6 Å². The second kappa shape index (κ2) is 13.0. The number of thioether (sulfide) groups is 1. The second-order valence-corrected chi connectivity index (χ2v) is 12.5. The molecule has 2 unspecified atom stereocenters. The normalized spacial score (nSPS) is 14.7. The van der Waals surface area contributed by atoms with Gasteiger partial charge in [0.05, 0.1) is 17.3 Å². The van der Waals surface area contributed by atoms with Crippen LogP contribution in [-0.2, 0) is 18.4 Å². The molecule has 5 rings (SSSR count). The highest BCUT2D eigenvalue weighted by atomic mass is 79.9. The molecule has 0 saturated carbocycles. The summed E-state index contributed by atoms with van der Waals surface area (Å²) in [7, 11) is 1.80. The van der Waals surface area contributed by atoms with Gasteiger partial charge in [0.15, 0.2) is 0 Å². The lowest BCUT2D eigenvalue weighted by Gasteiger charge is -2.34. The molecule has 3 aromatic carbocycles. The van der Waals surface area contributed by atoms with Gasteiger partial charge in [-0.2, -0.15) is 5.10 Å². The Kier molecular flexibility index (Phi) is 9.29. The van der Waals surface area contributed by atoms with Crippen LogP contribution in [0.1, 0.15) is 60.6 Å². The maximum atomic E-state index is 14.6. The predicted octanol–water partition coefficient (Wildman–Crippen LogP) is 6.16. The number of carbonyl (C=O) groups excluding carboxylic acids is 3. The maximum absolute atomic E-state index is 14.6. The van der Waals surface area contributed by atoms with Crippen molar-refractivity contribution in [3.8, 4) is 0 Å². The number of carbonyl (C=O) groups is 3. The Morgan fingerprint density at radius 2 is 1.88 bits per heavy atom. The number of nitrogens with one attached hydrogen (secondary N) is 2. The highest BCUT2D eigenvalue weighted by Crippen LogP contribution is 2.35. The van der Waals surface area contributed by atoms with Crippen LogP contribution in [-0.4, -0.2) is 45.2 Å². The van der Waals surface area contributed by atoms with Crippen molar-refractivity contribution < 1.29 is 14.4 Å². The van der Waals surface area contributed by atoms with Gasteiger partial charge in [0, 0.05) is 46.3 Å². The van der Waals surface area contributed by atoms with Gasteiger partial charge in [-0.3, -0.25) is 19.1 Å². The minimum Gasteiger partial charge on any atom is -0.350 e. The second-order valence-electron chi connectivity index (χ2n) is 10.4. The van der Waals surface area contributed by atoms with Gasteiger partial charge in [-0.1, -0.05) is 63.9 Å². The Morgan fingerprint density at radius 3 is 2.63 bits per heavy atom. The van der Waals surface area contributed by atoms with E-state index in [0.29, 0.717) is 21.7 Å². The van der Waals surface area contributed by atoms with E-state index < -0.39 is 12.1 Å². The van der Waals surface area contributed by atoms with E-state index in [2.05, 4.69) is 31.7 Å². The van der Waals surface area contributed by atoms with Crippen LogP contribution in [0.4, 0.5) is 0 Å². The molecule has 2 atom stereocenters. The van der Waals surface area contributed by atoms with Gasteiger partial charge in [-0.15, -0.1) is 11.8 Å². The van der Waals surface area contributed by atoms with Crippen molar-refractivity contribution in [2.75, 3.05) is 12.8 Å². The lowest BCUT2D eigenvalue weighted by Crippen LogP contribution is -2.47. The first-order chi connectivity index (χ1) is 20.6. The third-order valence-corrected chi connectivity index (χ3v) is 9.64. The third-order valence-electron chi connectivity index (χ3n) is 7.76. The number of benzene rings is 3. The minimum absolute atomic E-state index is 0.0441. The summed E-state index contributed by atoms with van der Waals surface area (Å²) in [6.45, 7) is 4.04. The highest BCUT2D eigenvalue weighted by Gasteiger charge is 2.39. The van der Waals surface area contributed by atoms with Crippen molar-refractivity contribution in [3.05, 3.63) is 115 Å². The first-order valence-corrected chi connectivity index (χ1v) is 16.0. The molecule has 222 valence electrons. The number of aromatic nitrogens is 2. The monoisotopic (exact) mass is 679 g/mol. The van der Waals surface area contributed by atoms with Crippen molar-refractivity contribution in [1.82, 2.24) is 25.3 Å². The molecule has 1 aromatic heterocycles. The molecule has 0 fully saturated rings. The summed E-state index contributed by atoms with van der Waals surface area (Å²) >= 11 is 11.4. The molecule has 1 aliphatic heterocycles. The number of hydrogen-bond acceptors (Lipinski definition) is 5. The van der Waals surface area contributed by atoms with E-state index in [0.717, 1.165) is 31.8 Å². The summed E-state index contributed by atoms with van der Waals surface area (Å²) < 4.78 is 2.55. The quantitative estimate of drug-likeness (QED) is 0.207. The zero-order chi connectivity index (χ0) is 30.8. The fraction of sp³-hybridized carbons (Fsp3) is 0.250. The van der Waals surface area contributed by atoms with Gasteiger partial charge in [0.25, 0.3) is 11.8 Å². The van der Waals surface area contributed by atoms with Crippen molar-refractivity contribution in [2.24, 2.45) is 7.05 Å². The highest BCUT2D eigenvalue weighted by molar-refractivity contribution is 9.10. The maximum Gasteiger partial charge on any atom is 0.255 e. The number of nitrogens with zero attached hydrogens (tertiary/aromatic N) is 3. The standard InChI is InChI=1S/C32H31BrClN5O3S/c1-18-13-21(34)14-24(19(18)2)31(42)39(17-27-22-10-6-7-11-23(22)29(40)37-27)28(25-16-36-38(3)32(25)43-4)30(41)35-15-20-9-5-8-12-26(20)33/h5-14,16,27-28H,15,17H2,1-4H3,(H,35,41)(H,37,40). The molecule has 8 nitrogen and oxygen atoms in total. The Hall–Kier alpha value is -3.60. The summed E-state index contributed by atoms with van der Waals surface area (Å²) in [6, 6.07) is 16.8. The molecule has 0 bridgehead atoms. The van der Waals surface area contributed by atoms with Gasteiger partial charge in [-0.25, -0.2) is 0 Å². The summed E-state index contributed by atoms with van der Waals surface area (Å²) in [5.74, 6) is -0.969.